The zero-order valence-corrected chi connectivity index (χ0v) is 11.1. The second kappa shape index (κ2) is 5.87. The number of thiazole rings is 1. The molecule has 1 aromatic heterocycles. The van der Waals surface area contributed by atoms with Crippen LogP contribution in [-0.2, 0) is 0 Å². The molecule has 88 valence electrons. The first-order valence-electron chi connectivity index (χ1n) is 5.44. The summed E-state index contributed by atoms with van der Waals surface area (Å²) >= 11 is 6.11. The summed E-state index contributed by atoms with van der Waals surface area (Å²) < 4.78 is 6.63. The van der Waals surface area contributed by atoms with Crippen LogP contribution in [0.5, 0.6) is 5.19 Å². The lowest BCUT2D eigenvalue weighted by Crippen LogP contribution is -1.95. The minimum absolute atomic E-state index is 0.719. The number of unbranched alkanes of at least 4 members (excludes halogenated alkanes) is 1. The Morgan fingerprint density at radius 3 is 3.18 bits per heavy atom. The van der Waals surface area contributed by atoms with E-state index in [0.29, 0.717) is 0 Å². The van der Waals surface area contributed by atoms with Crippen molar-refractivity contribution in [3.05, 3.63) is 18.2 Å². The summed E-state index contributed by atoms with van der Waals surface area (Å²) in [6, 6.07) is 5.74. The van der Waals surface area contributed by atoms with Gasteiger partial charge in [0.05, 0.1) is 27.7 Å². The number of nitrogens with zero attached hydrogens (tertiary/aromatic N) is 2. The lowest BCUT2D eigenvalue weighted by Gasteiger charge is -1.98. The third-order valence-electron chi connectivity index (χ3n) is 2.25. The molecule has 0 N–H and O–H groups in total. The van der Waals surface area contributed by atoms with E-state index in [1.165, 1.54) is 11.3 Å². The number of benzene rings is 1. The van der Waals surface area contributed by atoms with Crippen LogP contribution in [0.15, 0.2) is 23.2 Å². The predicted molar refractivity (Wildman–Crippen MR) is 74.7 cm³/mol. The first kappa shape index (κ1) is 12.2. The number of aliphatic imine (C=N–C) groups is 1. The molecule has 0 saturated heterocycles. The molecule has 0 saturated carbocycles. The van der Waals surface area contributed by atoms with Crippen molar-refractivity contribution in [1.29, 1.82) is 0 Å². The molecular formula is C12H12N2OS2. The quantitative estimate of drug-likeness (QED) is 0.461. The van der Waals surface area contributed by atoms with Gasteiger partial charge in [-0.2, -0.15) is 4.99 Å². The number of thiocarbonyl (C=S) groups is 1. The van der Waals surface area contributed by atoms with Crippen molar-refractivity contribution in [2.75, 3.05) is 6.61 Å². The summed E-state index contributed by atoms with van der Waals surface area (Å²) in [5.41, 5.74) is 1.74. The summed E-state index contributed by atoms with van der Waals surface area (Å²) in [5, 5.41) is 3.08. The van der Waals surface area contributed by atoms with Crippen molar-refractivity contribution >= 4 is 44.6 Å². The van der Waals surface area contributed by atoms with Gasteiger partial charge < -0.3 is 4.74 Å². The number of aromatic nitrogens is 1. The van der Waals surface area contributed by atoms with Crippen molar-refractivity contribution < 1.29 is 4.74 Å². The lowest BCUT2D eigenvalue weighted by atomic mass is 10.3. The van der Waals surface area contributed by atoms with Crippen LogP contribution in [0.25, 0.3) is 10.2 Å². The topological polar surface area (TPSA) is 34.5 Å². The first-order chi connectivity index (χ1) is 8.33. The van der Waals surface area contributed by atoms with Gasteiger partial charge in [0.25, 0.3) is 5.19 Å². The van der Waals surface area contributed by atoms with Gasteiger partial charge in [0.2, 0.25) is 0 Å². The molecule has 0 radical (unpaired) electrons. The summed E-state index contributed by atoms with van der Waals surface area (Å²) in [5.74, 6) is 0. The van der Waals surface area contributed by atoms with Gasteiger partial charge in [-0.25, -0.2) is 4.98 Å². The number of hydrogen-bond acceptors (Lipinski definition) is 5. The average Bonchev–Trinajstić information content (AvgIpc) is 2.72. The minimum Gasteiger partial charge on any atom is -0.470 e. The van der Waals surface area contributed by atoms with E-state index >= 15 is 0 Å². The van der Waals surface area contributed by atoms with Crippen LogP contribution in [0, 0.1) is 0 Å². The maximum atomic E-state index is 5.57. The summed E-state index contributed by atoms with van der Waals surface area (Å²) in [6.07, 6.45) is 2.18. The van der Waals surface area contributed by atoms with Crippen molar-refractivity contribution in [2.45, 2.75) is 19.8 Å². The fraction of sp³-hybridized carbons (Fsp3) is 0.333. The number of fused-ring (bicyclic) bond motifs is 1. The van der Waals surface area contributed by atoms with Crippen molar-refractivity contribution in [2.24, 2.45) is 4.99 Å². The molecule has 0 unspecified atom stereocenters. The second-order valence-electron chi connectivity index (χ2n) is 3.54. The molecule has 0 amide bonds. The third kappa shape index (κ3) is 3.09. The van der Waals surface area contributed by atoms with Gasteiger partial charge in [-0.3, -0.25) is 0 Å². The van der Waals surface area contributed by atoms with E-state index in [9.17, 15) is 0 Å². The summed E-state index contributed by atoms with van der Waals surface area (Å²) in [6.45, 7) is 2.86. The van der Waals surface area contributed by atoms with Crippen LogP contribution in [0.4, 0.5) is 5.69 Å². The zero-order chi connectivity index (χ0) is 12.1. The maximum absolute atomic E-state index is 5.57. The standard InChI is InChI=1S/C12H12N2OS2/c1-2-3-6-15-12-14-10-5-4-9(13-8-16)7-11(10)17-12/h4-5,7H,2-3,6H2,1H3. The molecule has 0 atom stereocenters. The Hall–Kier alpha value is -1.29. The van der Waals surface area contributed by atoms with Crippen LogP contribution in [0.2, 0.25) is 0 Å². The Kier molecular flexibility index (Phi) is 4.20. The van der Waals surface area contributed by atoms with Crippen LogP contribution in [0.1, 0.15) is 19.8 Å². The Balaban J connectivity index is 2.21. The molecule has 0 spiro atoms. The van der Waals surface area contributed by atoms with Crippen molar-refractivity contribution in [1.82, 2.24) is 4.98 Å². The first-order valence-corrected chi connectivity index (χ1v) is 6.67. The summed E-state index contributed by atoms with van der Waals surface area (Å²) in [4.78, 5) is 8.34. The average molecular weight is 264 g/mol. The van der Waals surface area contributed by atoms with Gasteiger partial charge in [-0.1, -0.05) is 24.7 Å². The molecule has 3 nitrogen and oxygen atoms in total. The zero-order valence-electron chi connectivity index (χ0n) is 9.47. The predicted octanol–water partition coefficient (Wildman–Crippen LogP) is 4.21. The van der Waals surface area contributed by atoms with Crippen LogP contribution in [0.3, 0.4) is 0 Å². The Labute approximate surface area is 109 Å². The molecule has 0 fully saturated rings. The van der Waals surface area contributed by atoms with E-state index < -0.39 is 0 Å². The van der Waals surface area contributed by atoms with Crippen LogP contribution < -0.4 is 4.74 Å². The van der Waals surface area contributed by atoms with Gasteiger partial charge in [0.15, 0.2) is 0 Å². The highest BCUT2D eigenvalue weighted by Gasteiger charge is 2.05. The van der Waals surface area contributed by atoms with Gasteiger partial charge in [0, 0.05) is 0 Å². The molecule has 5 heteroatoms. The highest BCUT2D eigenvalue weighted by atomic mass is 32.1. The Bertz CT molecular complexity index is 559. The molecule has 2 rings (SSSR count). The largest absolute Gasteiger partial charge is 0.470 e. The molecule has 1 heterocycles. The smallest absolute Gasteiger partial charge is 0.274 e. The SMILES string of the molecule is CCCCOc1nc2ccc(N=C=S)cc2s1. The third-order valence-corrected chi connectivity index (χ3v) is 3.27. The van der Waals surface area contributed by atoms with E-state index in [1.54, 1.807) is 0 Å². The van der Waals surface area contributed by atoms with E-state index in [-0.39, 0.29) is 0 Å². The monoisotopic (exact) mass is 264 g/mol. The summed E-state index contributed by atoms with van der Waals surface area (Å²) in [7, 11) is 0. The number of rotatable bonds is 5. The van der Waals surface area contributed by atoms with Crippen molar-refractivity contribution in [3.8, 4) is 5.19 Å². The molecule has 2 aromatic rings. The minimum atomic E-state index is 0.719. The lowest BCUT2D eigenvalue weighted by molar-refractivity contribution is 0.308. The van der Waals surface area contributed by atoms with E-state index in [0.717, 1.165) is 40.5 Å². The number of isothiocyanates is 1. The number of ether oxygens (including phenoxy) is 1. The maximum Gasteiger partial charge on any atom is 0.274 e. The van der Waals surface area contributed by atoms with Crippen LogP contribution in [-0.4, -0.2) is 16.8 Å². The molecule has 0 aliphatic heterocycles. The highest BCUT2D eigenvalue weighted by Crippen LogP contribution is 2.30. The fourth-order valence-corrected chi connectivity index (χ4v) is 2.36. The molecule has 1 aromatic carbocycles. The molecule has 0 aliphatic carbocycles. The van der Waals surface area contributed by atoms with Gasteiger partial charge in [-0.05, 0) is 36.8 Å². The van der Waals surface area contributed by atoms with Crippen molar-refractivity contribution in [3.63, 3.8) is 0 Å². The highest BCUT2D eigenvalue weighted by molar-refractivity contribution is 7.78. The Morgan fingerprint density at radius 1 is 1.53 bits per heavy atom. The van der Waals surface area contributed by atoms with Gasteiger partial charge >= 0.3 is 0 Å². The van der Waals surface area contributed by atoms with E-state index in [2.05, 4.69) is 34.3 Å². The van der Waals surface area contributed by atoms with Gasteiger partial charge in [0.1, 0.15) is 0 Å². The second-order valence-corrected chi connectivity index (χ2v) is 4.71. The Morgan fingerprint density at radius 2 is 2.41 bits per heavy atom. The van der Waals surface area contributed by atoms with E-state index in [4.69, 9.17) is 4.74 Å². The number of hydrogen-bond donors (Lipinski definition) is 0. The molecule has 0 bridgehead atoms. The van der Waals surface area contributed by atoms with Gasteiger partial charge in [-0.15, -0.1) is 0 Å². The molecule has 17 heavy (non-hydrogen) atoms. The van der Waals surface area contributed by atoms with E-state index in [1.807, 2.05) is 18.2 Å². The normalized spacial score (nSPS) is 10.2. The fourth-order valence-electron chi connectivity index (χ4n) is 1.38. The molecular weight excluding hydrogens is 252 g/mol. The molecule has 0 aliphatic rings. The van der Waals surface area contributed by atoms with Crippen LogP contribution >= 0.6 is 23.6 Å².